The molecule has 0 aliphatic rings. The van der Waals surface area contributed by atoms with Crippen molar-refractivity contribution in [1.82, 2.24) is 25.2 Å². The van der Waals surface area contributed by atoms with Crippen LogP contribution in [0, 0.1) is 10.1 Å². The van der Waals surface area contributed by atoms with Gasteiger partial charge in [-0.15, -0.1) is 0 Å². The van der Waals surface area contributed by atoms with E-state index in [0.717, 1.165) is 5.56 Å². The van der Waals surface area contributed by atoms with Gasteiger partial charge in [-0.1, -0.05) is 0 Å². The number of hydrogen-bond acceptors (Lipinski definition) is 7. The van der Waals surface area contributed by atoms with Crippen molar-refractivity contribution in [3.8, 4) is 22.6 Å². The molecule has 1 amide bonds. The van der Waals surface area contributed by atoms with Crippen molar-refractivity contribution < 1.29 is 9.72 Å². The van der Waals surface area contributed by atoms with Crippen LogP contribution in [0.3, 0.4) is 0 Å². The molecule has 9 heteroatoms. The van der Waals surface area contributed by atoms with E-state index in [0.29, 0.717) is 35.7 Å². The van der Waals surface area contributed by atoms with E-state index in [1.165, 1.54) is 18.3 Å². The Labute approximate surface area is 167 Å². The lowest BCUT2D eigenvalue weighted by Gasteiger charge is -2.13. The zero-order chi connectivity index (χ0) is 20.8. The van der Waals surface area contributed by atoms with Gasteiger partial charge in [-0.2, -0.15) is 0 Å². The number of pyridine rings is 1. The molecule has 29 heavy (non-hydrogen) atoms. The Morgan fingerprint density at radius 3 is 2.41 bits per heavy atom. The van der Waals surface area contributed by atoms with Crippen LogP contribution in [0.25, 0.3) is 22.6 Å². The van der Waals surface area contributed by atoms with E-state index in [-0.39, 0.29) is 11.6 Å². The Balaban J connectivity index is 2.00. The number of nitro benzene ring substituents is 1. The van der Waals surface area contributed by atoms with E-state index >= 15 is 0 Å². The number of hydrogen-bond donors (Lipinski definition) is 1. The van der Waals surface area contributed by atoms with Crippen LogP contribution in [0.4, 0.5) is 5.69 Å². The van der Waals surface area contributed by atoms with E-state index in [4.69, 9.17) is 0 Å². The third kappa shape index (κ3) is 4.96. The lowest BCUT2D eigenvalue weighted by molar-refractivity contribution is -0.384. The van der Waals surface area contributed by atoms with Crippen molar-refractivity contribution >= 4 is 11.6 Å². The summed E-state index contributed by atoms with van der Waals surface area (Å²) in [5.74, 6) is 0.132. The van der Waals surface area contributed by atoms with Crippen molar-refractivity contribution in [2.75, 3.05) is 27.2 Å². The number of aromatic nitrogens is 3. The van der Waals surface area contributed by atoms with Crippen molar-refractivity contribution in [3.63, 3.8) is 0 Å². The maximum absolute atomic E-state index is 12.7. The van der Waals surface area contributed by atoms with Crippen LogP contribution in [-0.4, -0.2) is 57.9 Å². The van der Waals surface area contributed by atoms with E-state index in [1.54, 1.807) is 36.7 Å². The highest BCUT2D eigenvalue weighted by atomic mass is 16.6. The number of benzene rings is 1. The first kappa shape index (κ1) is 20.0. The Hall–Kier alpha value is -3.72. The highest BCUT2D eigenvalue weighted by molar-refractivity contribution is 5.99. The number of carbonyl (C=O) groups is 1. The van der Waals surface area contributed by atoms with Gasteiger partial charge in [0.15, 0.2) is 5.82 Å². The minimum atomic E-state index is -0.471. The SMILES string of the molecule is CN(C)CCNC(=O)c1cnc(-c2ccncc2)nc1-c1ccc([N+](=O)[O-])cc1. The Morgan fingerprint density at radius 2 is 1.79 bits per heavy atom. The van der Waals surface area contributed by atoms with E-state index in [1.807, 2.05) is 19.0 Å². The molecule has 0 radical (unpaired) electrons. The standard InChI is InChI=1S/C20H20N6O3/c1-25(2)12-11-22-20(27)17-13-23-19(15-7-9-21-10-8-15)24-18(17)14-3-5-16(6-4-14)26(28)29/h3-10,13H,11-12H2,1-2H3,(H,22,27). The van der Waals surface area contributed by atoms with Crippen LogP contribution in [0.15, 0.2) is 55.0 Å². The first-order valence-corrected chi connectivity index (χ1v) is 8.91. The molecule has 3 aromatic rings. The Morgan fingerprint density at radius 1 is 1.10 bits per heavy atom. The summed E-state index contributed by atoms with van der Waals surface area (Å²) in [6.07, 6.45) is 4.74. The molecule has 0 fully saturated rings. The summed E-state index contributed by atoms with van der Waals surface area (Å²) in [6, 6.07) is 9.47. The van der Waals surface area contributed by atoms with Gasteiger partial charge < -0.3 is 10.2 Å². The minimum Gasteiger partial charge on any atom is -0.351 e. The molecule has 0 unspecified atom stereocenters. The average molecular weight is 392 g/mol. The summed E-state index contributed by atoms with van der Waals surface area (Å²) in [5.41, 5.74) is 2.02. The van der Waals surface area contributed by atoms with Crippen molar-refractivity contribution in [1.29, 1.82) is 0 Å². The van der Waals surface area contributed by atoms with Gasteiger partial charge in [0, 0.05) is 54.9 Å². The van der Waals surface area contributed by atoms with Crippen molar-refractivity contribution in [2.24, 2.45) is 0 Å². The molecule has 2 aromatic heterocycles. The number of nitro groups is 1. The third-order valence-corrected chi connectivity index (χ3v) is 4.17. The number of non-ortho nitro benzene ring substituents is 1. The molecule has 148 valence electrons. The molecule has 0 bridgehead atoms. The molecule has 0 saturated carbocycles. The summed E-state index contributed by atoms with van der Waals surface area (Å²) in [5, 5.41) is 13.8. The predicted molar refractivity (Wildman–Crippen MR) is 108 cm³/mol. The first-order valence-electron chi connectivity index (χ1n) is 8.91. The summed E-state index contributed by atoms with van der Waals surface area (Å²) in [6.45, 7) is 1.16. The van der Waals surface area contributed by atoms with Crippen LogP contribution in [-0.2, 0) is 0 Å². The fraction of sp³-hybridized carbons (Fsp3) is 0.200. The summed E-state index contributed by atoms with van der Waals surface area (Å²) in [7, 11) is 3.84. The Kier molecular flexibility index (Phi) is 6.20. The Bertz CT molecular complexity index is 1010. The molecular weight excluding hydrogens is 372 g/mol. The fourth-order valence-corrected chi connectivity index (χ4v) is 2.64. The van der Waals surface area contributed by atoms with Crippen LogP contribution in [0.1, 0.15) is 10.4 Å². The molecule has 0 aliphatic carbocycles. The zero-order valence-corrected chi connectivity index (χ0v) is 16.1. The van der Waals surface area contributed by atoms with Gasteiger partial charge in [-0.05, 0) is 38.4 Å². The average Bonchev–Trinajstić information content (AvgIpc) is 2.73. The second kappa shape index (κ2) is 8.98. The van der Waals surface area contributed by atoms with Gasteiger partial charge in [-0.3, -0.25) is 19.9 Å². The second-order valence-corrected chi connectivity index (χ2v) is 6.55. The van der Waals surface area contributed by atoms with E-state index in [9.17, 15) is 14.9 Å². The normalized spacial score (nSPS) is 10.7. The van der Waals surface area contributed by atoms with Crippen LogP contribution in [0.2, 0.25) is 0 Å². The molecule has 0 atom stereocenters. The van der Waals surface area contributed by atoms with Crippen LogP contribution < -0.4 is 5.32 Å². The molecule has 2 heterocycles. The van der Waals surface area contributed by atoms with Gasteiger partial charge in [-0.25, -0.2) is 9.97 Å². The smallest absolute Gasteiger partial charge is 0.269 e. The minimum absolute atomic E-state index is 0.0332. The highest BCUT2D eigenvalue weighted by Gasteiger charge is 2.18. The third-order valence-electron chi connectivity index (χ3n) is 4.17. The topological polar surface area (TPSA) is 114 Å². The maximum Gasteiger partial charge on any atom is 0.269 e. The molecular formula is C20H20N6O3. The number of amides is 1. The van der Waals surface area contributed by atoms with Crippen molar-refractivity contribution in [2.45, 2.75) is 0 Å². The molecule has 0 spiro atoms. The fourth-order valence-electron chi connectivity index (χ4n) is 2.64. The number of likely N-dealkylation sites (N-methyl/N-ethyl adjacent to an activating group) is 1. The molecule has 0 saturated heterocycles. The predicted octanol–water partition coefficient (Wildman–Crippen LogP) is 2.41. The lowest BCUT2D eigenvalue weighted by Crippen LogP contribution is -2.31. The monoisotopic (exact) mass is 392 g/mol. The van der Waals surface area contributed by atoms with E-state index < -0.39 is 4.92 Å². The number of carbonyl (C=O) groups excluding carboxylic acids is 1. The summed E-state index contributed by atoms with van der Waals surface area (Å²) >= 11 is 0. The molecule has 0 aliphatic heterocycles. The van der Waals surface area contributed by atoms with E-state index in [2.05, 4.69) is 20.3 Å². The van der Waals surface area contributed by atoms with Crippen LogP contribution >= 0.6 is 0 Å². The van der Waals surface area contributed by atoms with Gasteiger partial charge in [0.25, 0.3) is 11.6 Å². The molecule has 3 rings (SSSR count). The lowest BCUT2D eigenvalue weighted by atomic mass is 10.1. The molecule has 9 nitrogen and oxygen atoms in total. The second-order valence-electron chi connectivity index (χ2n) is 6.55. The number of nitrogens with zero attached hydrogens (tertiary/aromatic N) is 5. The first-order chi connectivity index (χ1) is 14.0. The number of rotatable bonds is 7. The zero-order valence-electron chi connectivity index (χ0n) is 16.1. The summed E-state index contributed by atoms with van der Waals surface area (Å²) in [4.78, 5) is 38.0. The largest absolute Gasteiger partial charge is 0.351 e. The maximum atomic E-state index is 12.7. The highest BCUT2D eigenvalue weighted by Crippen LogP contribution is 2.26. The van der Waals surface area contributed by atoms with Gasteiger partial charge in [0.2, 0.25) is 0 Å². The molecule has 1 aromatic carbocycles. The quantitative estimate of drug-likeness (QED) is 0.485. The van der Waals surface area contributed by atoms with Gasteiger partial charge in [0.1, 0.15) is 0 Å². The van der Waals surface area contributed by atoms with Crippen LogP contribution in [0.5, 0.6) is 0 Å². The molecule has 1 N–H and O–H groups in total. The summed E-state index contributed by atoms with van der Waals surface area (Å²) < 4.78 is 0. The van der Waals surface area contributed by atoms with Gasteiger partial charge in [0.05, 0.1) is 16.2 Å². The van der Waals surface area contributed by atoms with Gasteiger partial charge >= 0.3 is 0 Å². The number of nitrogens with one attached hydrogen (secondary N) is 1. The van der Waals surface area contributed by atoms with Crippen molar-refractivity contribution in [3.05, 3.63) is 70.7 Å².